The maximum absolute atomic E-state index is 12.8. The maximum Gasteiger partial charge on any atom is 0.306 e. The van der Waals surface area contributed by atoms with Gasteiger partial charge in [0.1, 0.15) is 6.17 Å². The highest BCUT2D eigenvalue weighted by Crippen LogP contribution is 2.22. The molecule has 1 aliphatic heterocycles. The number of hydrogen-bond acceptors (Lipinski definition) is 8. The molecule has 11 nitrogen and oxygen atoms in total. The molecule has 37 heavy (non-hydrogen) atoms. The Morgan fingerprint density at radius 1 is 0.973 bits per heavy atom. The summed E-state index contributed by atoms with van der Waals surface area (Å²) >= 11 is 0. The van der Waals surface area contributed by atoms with Crippen molar-refractivity contribution in [3.8, 4) is 0 Å². The van der Waals surface area contributed by atoms with Crippen LogP contribution in [-0.4, -0.2) is 60.7 Å². The maximum atomic E-state index is 12.8. The molecule has 3 aromatic rings. The topological polar surface area (TPSA) is 154 Å². The third-order valence-corrected chi connectivity index (χ3v) is 7.41. The summed E-state index contributed by atoms with van der Waals surface area (Å²) in [5.41, 5.74) is 1.24. The molecule has 0 spiro atoms. The van der Waals surface area contributed by atoms with E-state index < -0.39 is 34.5 Å². The van der Waals surface area contributed by atoms with E-state index in [0.717, 1.165) is 31.6 Å². The van der Waals surface area contributed by atoms with Gasteiger partial charge in [-0.05, 0) is 55.3 Å². The lowest BCUT2D eigenvalue weighted by Crippen LogP contribution is -2.49. The van der Waals surface area contributed by atoms with Crippen molar-refractivity contribution in [3.63, 3.8) is 0 Å². The lowest BCUT2D eigenvalue weighted by molar-refractivity contribution is -0.137. The Morgan fingerprint density at radius 3 is 2.24 bits per heavy atom. The van der Waals surface area contributed by atoms with E-state index in [2.05, 4.69) is 30.2 Å². The van der Waals surface area contributed by atoms with Crippen molar-refractivity contribution in [2.45, 2.75) is 36.4 Å². The second kappa shape index (κ2) is 11.8. The van der Waals surface area contributed by atoms with Crippen LogP contribution in [0.1, 0.15) is 29.6 Å². The van der Waals surface area contributed by atoms with E-state index in [4.69, 9.17) is 0 Å². The molecule has 1 amide bonds. The molecule has 0 aliphatic carbocycles. The minimum Gasteiger partial charge on any atom is -0.481 e. The highest BCUT2D eigenvalue weighted by molar-refractivity contribution is 7.89. The molecule has 2 aromatic carbocycles. The molecule has 1 aliphatic rings. The van der Waals surface area contributed by atoms with Crippen molar-refractivity contribution in [1.29, 1.82) is 0 Å². The second-order valence-electron chi connectivity index (χ2n) is 8.58. The van der Waals surface area contributed by atoms with Crippen LogP contribution in [-0.2, 0) is 14.8 Å². The second-order valence-corrected chi connectivity index (χ2v) is 10.3. The Labute approximate surface area is 215 Å². The van der Waals surface area contributed by atoms with Crippen LogP contribution in [0.5, 0.6) is 0 Å². The normalized spacial score (nSPS) is 15.1. The number of nitrogens with one attached hydrogen (secondary N) is 3. The molecule has 12 heteroatoms. The number of amides is 1. The molecule has 4 N–H and O–H groups in total. The zero-order chi connectivity index (χ0) is 26.3. The molecular weight excluding hydrogens is 496 g/mol. The van der Waals surface area contributed by atoms with Crippen LogP contribution in [0.25, 0.3) is 0 Å². The van der Waals surface area contributed by atoms with Crippen molar-refractivity contribution in [3.05, 3.63) is 78.6 Å². The molecule has 0 bridgehead atoms. The number of rotatable bonds is 10. The van der Waals surface area contributed by atoms with E-state index in [9.17, 15) is 23.1 Å². The Hall–Kier alpha value is -4.03. The Balaban J connectivity index is 1.34. The third kappa shape index (κ3) is 7.24. The fourth-order valence-corrected chi connectivity index (χ4v) is 5.22. The number of carbonyl (C=O) groups is 2. The van der Waals surface area contributed by atoms with E-state index in [1.165, 1.54) is 12.1 Å². The van der Waals surface area contributed by atoms with Gasteiger partial charge in [-0.3, -0.25) is 9.59 Å². The minimum atomic E-state index is -4.03. The number of aliphatic carboxylic acids is 1. The molecule has 194 valence electrons. The Morgan fingerprint density at radius 2 is 1.62 bits per heavy atom. The average molecular weight is 525 g/mol. The quantitative estimate of drug-likeness (QED) is 0.292. The highest BCUT2D eigenvalue weighted by Gasteiger charge is 2.24. The molecule has 1 fully saturated rings. The van der Waals surface area contributed by atoms with Gasteiger partial charge in [0.05, 0.1) is 11.3 Å². The smallest absolute Gasteiger partial charge is 0.306 e. The first kappa shape index (κ1) is 26.0. The van der Waals surface area contributed by atoms with Crippen molar-refractivity contribution in [2.75, 3.05) is 23.3 Å². The molecule has 2 heterocycles. The third-order valence-electron chi connectivity index (χ3n) is 5.92. The van der Waals surface area contributed by atoms with Gasteiger partial charge in [-0.15, -0.1) is 0 Å². The van der Waals surface area contributed by atoms with Gasteiger partial charge >= 0.3 is 5.97 Å². The van der Waals surface area contributed by atoms with Crippen molar-refractivity contribution >= 4 is 33.5 Å². The predicted octanol–water partition coefficient (Wildman–Crippen LogP) is 2.07. The summed E-state index contributed by atoms with van der Waals surface area (Å²) in [5.74, 6) is -1.23. The monoisotopic (exact) mass is 524 g/mol. The number of piperidine rings is 1. The summed E-state index contributed by atoms with van der Waals surface area (Å²) in [6.07, 6.45) is 3.26. The summed E-state index contributed by atoms with van der Waals surface area (Å²) in [5, 5.41) is 15.0. The molecular formula is C25H28N6O5S. The SMILES string of the molecule is O=C(O)C[C@@H](NC(=O)c1ccc(N2CCC(Nc3ncccn3)CC2)cc1)NS(=O)(=O)c1ccccc1. The van der Waals surface area contributed by atoms with E-state index in [1.54, 1.807) is 48.8 Å². The summed E-state index contributed by atoms with van der Waals surface area (Å²) in [7, 11) is -4.03. The van der Waals surface area contributed by atoms with E-state index in [1.807, 2.05) is 12.1 Å². The minimum absolute atomic E-state index is 0.0285. The van der Waals surface area contributed by atoms with Gasteiger partial charge in [0, 0.05) is 42.8 Å². The van der Waals surface area contributed by atoms with Gasteiger partial charge in [0.2, 0.25) is 16.0 Å². The molecule has 1 saturated heterocycles. The number of carbonyl (C=O) groups excluding carboxylic acids is 1. The van der Waals surface area contributed by atoms with Crippen molar-refractivity contribution < 1.29 is 23.1 Å². The molecule has 1 aromatic heterocycles. The van der Waals surface area contributed by atoms with E-state index in [-0.39, 0.29) is 16.5 Å². The standard InChI is InChI=1S/C25H28N6O5S/c32-23(33)17-22(30-37(35,36)21-5-2-1-3-6-21)29-24(34)18-7-9-20(10-8-18)31-15-11-19(12-16-31)28-25-26-13-4-14-27-25/h1-10,13-14,19,22,30H,11-12,15-17H2,(H,29,34)(H,32,33)(H,26,27,28)/t22-/m0/s1. The summed E-state index contributed by atoms with van der Waals surface area (Å²) in [4.78, 5) is 34.7. The lowest BCUT2D eigenvalue weighted by Gasteiger charge is -2.34. The van der Waals surface area contributed by atoms with E-state index >= 15 is 0 Å². The molecule has 0 radical (unpaired) electrons. The van der Waals surface area contributed by atoms with Crippen LogP contribution in [0, 0.1) is 0 Å². The van der Waals surface area contributed by atoms with Crippen molar-refractivity contribution in [1.82, 2.24) is 20.0 Å². The summed E-state index contributed by atoms with van der Waals surface area (Å²) in [6, 6.07) is 16.5. The molecule has 0 saturated carbocycles. The van der Waals surface area contributed by atoms with Crippen LogP contribution >= 0.6 is 0 Å². The fraction of sp³-hybridized carbons (Fsp3) is 0.280. The summed E-state index contributed by atoms with van der Waals surface area (Å²) in [6.45, 7) is 1.63. The first-order valence-electron chi connectivity index (χ1n) is 11.8. The van der Waals surface area contributed by atoms with Crippen molar-refractivity contribution in [2.24, 2.45) is 0 Å². The Bertz CT molecular complexity index is 1300. The van der Waals surface area contributed by atoms with Gasteiger partial charge in [-0.25, -0.2) is 18.4 Å². The number of nitrogens with zero attached hydrogens (tertiary/aromatic N) is 3. The molecule has 4 rings (SSSR count). The molecule has 1 atom stereocenters. The lowest BCUT2D eigenvalue weighted by atomic mass is 10.0. The zero-order valence-corrected chi connectivity index (χ0v) is 20.8. The molecule has 0 unspecified atom stereocenters. The number of carboxylic acid groups (broad SMARTS) is 1. The van der Waals surface area contributed by atoms with Gasteiger partial charge < -0.3 is 20.6 Å². The Kier molecular flexibility index (Phi) is 8.31. The van der Waals surface area contributed by atoms with E-state index in [0.29, 0.717) is 5.95 Å². The van der Waals surface area contributed by atoms with Crippen LogP contribution in [0.3, 0.4) is 0 Å². The van der Waals surface area contributed by atoms with Gasteiger partial charge in [-0.1, -0.05) is 18.2 Å². The average Bonchev–Trinajstić information content (AvgIpc) is 2.90. The van der Waals surface area contributed by atoms with Crippen LogP contribution in [0.2, 0.25) is 0 Å². The first-order valence-corrected chi connectivity index (χ1v) is 13.3. The fourth-order valence-electron chi connectivity index (χ4n) is 4.06. The number of hydrogen-bond donors (Lipinski definition) is 4. The van der Waals surface area contributed by atoms with Gasteiger partial charge in [-0.2, -0.15) is 4.72 Å². The van der Waals surface area contributed by atoms with Crippen LogP contribution in [0.15, 0.2) is 78.0 Å². The summed E-state index contributed by atoms with van der Waals surface area (Å²) < 4.78 is 27.5. The number of sulfonamides is 1. The highest BCUT2D eigenvalue weighted by atomic mass is 32.2. The number of carboxylic acids is 1. The van der Waals surface area contributed by atoms with Gasteiger partial charge in [0.15, 0.2) is 0 Å². The first-order chi connectivity index (χ1) is 17.8. The number of benzene rings is 2. The van der Waals surface area contributed by atoms with Crippen LogP contribution in [0.4, 0.5) is 11.6 Å². The predicted molar refractivity (Wildman–Crippen MR) is 138 cm³/mol. The van der Waals surface area contributed by atoms with Gasteiger partial charge in [0.25, 0.3) is 5.91 Å². The largest absolute Gasteiger partial charge is 0.481 e. The number of anilines is 2. The number of aromatic nitrogens is 2. The van der Waals surface area contributed by atoms with Crippen LogP contribution < -0.4 is 20.3 Å². The zero-order valence-electron chi connectivity index (χ0n) is 19.9.